The Hall–Kier alpha value is -2.35. The van der Waals surface area contributed by atoms with E-state index in [1.54, 1.807) is 13.2 Å². The number of hydroxylamine groups is 2. The largest absolute Gasteiger partial charge is 0.479 e. The van der Waals surface area contributed by atoms with Gasteiger partial charge in [-0.3, -0.25) is 9.52 Å². The average Bonchev–Trinajstić information content (AvgIpc) is 2.91. The molecule has 2 amide bonds. The fraction of sp³-hybridized carbons (Fsp3) is 0.417. The maximum atomic E-state index is 12.3. The molecule has 2 aliphatic rings. The first kappa shape index (κ1) is 12.7. The van der Waals surface area contributed by atoms with E-state index in [0.29, 0.717) is 11.3 Å². The van der Waals surface area contributed by atoms with Gasteiger partial charge in [0, 0.05) is 12.6 Å². The number of carboxylic acids is 1. The zero-order chi connectivity index (χ0) is 14.4. The normalized spacial score (nSPS) is 23.9. The third-order valence-corrected chi connectivity index (χ3v) is 3.60. The Morgan fingerprint density at radius 3 is 3.10 bits per heavy atom. The van der Waals surface area contributed by atoms with E-state index >= 15 is 0 Å². The van der Waals surface area contributed by atoms with Crippen LogP contribution in [0.2, 0.25) is 0 Å². The summed E-state index contributed by atoms with van der Waals surface area (Å²) in [5.74, 6) is -1.08. The van der Waals surface area contributed by atoms with E-state index in [9.17, 15) is 14.7 Å². The molecule has 1 N–H and O–H groups in total. The third-order valence-electron chi connectivity index (χ3n) is 3.60. The molecule has 0 unspecified atom stereocenters. The number of hydrogen-bond donors (Lipinski definition) is 1. The third kappa shape index (κ3) is 1.54. The predicted octanol–water partition coefficient (Wildman–Crippen LogP) is 0.456. The topological polar surface area (TPSA) is 87.9 Å². The van der Waals surface area contributed by atoms with E-state index in [-0.39, 0.29) is 19.2 Å². The van der Waals surface area contributed by atoms with Crippen LogP contribution in [-0.2, 0) is 16.7 Å². The molecule has 1 fully saturated rings. The number of nitrogens with zero attached hydrogens (tertiary/aromatic N) is 4. The van der Waals surface area contributed by atoms with Crippen molar-refractivity contribution in [1.29, 1.82) is 0 Å². The summed E-state index contributed by atoms with van der Waals surface area (Å²) >= 11 is 0. The molecule has 2 atom stereocenters. The molecule has 106 valence electrons. The second-order valence-electron chi connectivity index (χ2n) is 4.71. The fourth-order valence-electron chi connectivity index (χ4n) is 2.77. The van der Waals surface area contributed by atoms with Crippen molar-refractivity contribution in [2.45, 2.75) is 12.1 Å². The van der Waals surface area contributed by atoms with Gasteiger partial charge in [0.2, 0.25) is 0 Å². The Balaban J connectivity index is 2.06. The summed E-state index contributed by atoms with van der Waals surface area (Å²) in [7, 11) is 1.67. The SMILES string of the molecule is C=CCON1C(=O)N2C[C@H]1c1cnn(C)c1[C@H]2C(=O)O. The second-order valence-corrected chi connectivity index (χ2v) is 4.71. The molecule has 3 rings (SSSR count). The van der Waals surface area contributed by atoms with Crippen LogP contribution in [0, 0.1) is 0 Å². The number of carbonyl (C=O) groups is 2. The van der Waals surface area contributed by atoms with Crippen molar-refractivity contribution in [1.82, 2.24) is 19.7 Å². The number of aliphatic carboxylic acids is 1. The molecule has 8 heteroatoms. The summed E-state index contributed by atoms with van der Waals surface area (Å²) in [6.07, 6.45) is 3.12. The first-order valence-corrected chi connectivity index (χ1v) is 6.14. The minimum Gasteiger partial charge on any atom is -0.479 e. The highest BCUT2D eigenvalue weighted by Gasteiger charge is 2.52. The van der Waals surface area contributed by atoms with Gasteiger partial charge in [0.25, 0.3) is 0 Å². The van der Waals surface area contributed by atoms with E-state index in [1.807, 2.05) is 0 Å². The monoisotopic (exact) mass is 278 g/mol. The van der Waals surface area contributed by atoms with Gasteiger partial charge in [0.05, 0.1) is 25.0 Å². The van der Waals surface area contributed by atoms with Crippen molar-refractivity contribution in [2.75, 3.05) is 13.2 Å². The van der Waals surface area contributed by atoms with Gasteiger partial charge >= 0.3 is 12.0 Å². The van der Waals surface area contributed by atoms with Crippen LogP contribution in [0.4, 0.5) is 4.79 Å². The quantitative estimate of drug-likeness (QED) is 0.808. The molecule has 1 aromatic rings. The van der Waals surface area contributed by atoms with Crippen LogP contribution < -0.4 is 0 Å². The van der Waals surface area contributed by atoms with Gasteiger partial charge in [-0.25, -0.2) is 9.59 Å². The molecular formula is C12H14N4O4. The molecule has 0 saturated carbocycles. The maximum absolute atomic E-state index is 12.3. The van der Waals surface area contributed by atoms with Crippen molar-refractivity contribution >= 4 is 12.0 Å². The number of aromatic nitrogens is 2. The lowest BCUT2D eigenvalue weighted by atomic mass is 9.98. The van der Waals surface area contributed by atoms with E-state index < -0.39 is 18.0 Å². The van der Waals surface area contributed by atoms with Gasteiger partial charge < -0.3 is 10.0 Å². The molecule has 0 aromatic carbocycles. The van der Waals surface area contributed by atoms with Crippen LogP contribution >= 0.6 is 0 Å². The number of amides is 2. The number of carboxylic acid groups (broad SMARTS) is 1. The molecule has 8 nitrogen and oxygen atoms in total. The van der Waals surface area contributed by atoms with Crippen LogP contribution in [0.5, 0.6) is 0 Å². The highest BCUT2D eigenvalue weighted by molar-refractivity contribution is 5.86. The Kier molecular flexibility index (Phi) is 2.75. The van der Waals surface area contributed by atoms with Gasteiger partial charge in [-0.1, -0.05) is 6.08 Å². The number of hydrogen-bond acceptors (Lipinski definition) is 4. The molecule has 1 aromatic heterocycles. The molecular weight excluding hydrogens is 264 g/mol. The number of rotatable bonds is 4. The molecule has 2 aliphatic heterocycles. The van der Waals surface area contributed by atoms with Crippen LogP contribution in [-0.4, -0.2) is 50.0 Å². The first-order chi connectivity index (χ1) is 9.56. The lowest BCUT2D eigenvalue weighted by Crippen LogP contribution is -2.39. The highest BCUT2D eigenvalue weighted by atomic mass is 16.7. The number of urea groups is 1. The Labute approximate surface area is 114 Å². The minimum absolute atomic E-state index is 0.184. The van der Waals surface area contributed by atoms with Gasteiger partial charge in [0.1, 0.15) is 6.04 Å². The van der Waals surface area contributed by atoms with Crippen molar-refractivity contribution in [3.63, 3.8) is 0 Å². The van der Waals surface area contributed by atoms with Crippen molar-refractivity contribution in [3.8, 4) is 0 Å². The molecule has 1 saturated heterocycles. The van der Waals surface area contributed by atoms with Gasteiger partial charge in [-0.15, -0.1) is 6.58 Å². The van der Waals surface area contributed by atoms with E-state index in [2.05, 4.69) is 11.7 Å². The summed E-state index contributed by atoms with van der Waals surface area (Å²) in [5.41, 5.74) is 1.23. The Morgan fingerprint density at radius 2 is 2.45 bits per heavy atom. The van der Waals surface area contributed by atoms with Crippen LogP contribution in [0.1, 0.15) is 23.3 Å². The molecule has 2 bridgehead atoms. The predicted molar refractivity (Wildman–Crippen MR) is 66.4 cm³/mol. The summed E-state index contributed by atoms with van der Waals surface area (Å²) in [6.45, 7) is 4.00. The molecule has 3 heterocycles. The average molecular weight is 278 g/mol. The summed E-state index contributed by atoms with van der Waals surface area (Å²) < 4.78 is 1.50. The molecule has 0 spiro atoms. The summed E-state index contributed by atoms with van der Waals surface area (Å²) in [6, 6.07) is -1.80. The number of fused-ring (bicyclic) bond motifs is 4. The number of carbonyl (C=O) groups excluding carboxylic acids is 1. The summed E-state index contributed by atoms with van der Waals surface area (Å²) in [5, 5.41) is 14.7. The lowest BCUT2D eigenvalue weighted by molar-refractivity contribution is -0.142. The van der Waals surface area contributed by atoms with Crippen molar-refractivity contribution < 1.29 is 19.5 Å². The van der Waals surface area contributed by atoms with E-state index in [1.165, 1.54) is 20.7 Å². The van der Waals surface area contributed by atoms with Crippen LogP contribution in [0.25, 0.3) is 0 Å². The lowest BCUT2D eigenvalue weighted by Gasteiger charge is -2.27. The zero-order valence-electron chi connectivity index (χ0n) is 10.9. The number of aryl methyl sites for hydroxylation is 1. The second kappa shape index (κ2) is 4.34. The van der Waals surface area contributed by atoms with Crippen LogP contribution in [0.3, 0.4) is 0 Å². The Bertz CT molecular complexity index is 596. The molecule has 20 heavy (non-hydrogen) atoms. The van der Waals surface area contributed by atoms with Gasteiger partial charge in [-0.05, 0) is 0 Å². The smallest absolute Gasteiger partial charge is 0.345 e. The van der Waals surface area contributed by atoms with Gasteiger partial charge in [-0.2, -0.15) is 10.2 Å². The van der Waals surface area contributed by atoms with Crippen molar-refractivity contribution in [3.05, 3.63) is 30.1 Å². The first-order valence-electron chi connectivity index (χ1n) is 6.14. The van der Waals surface area contributed by atoms with Crippen molar-refractivity contribution in [2.24, 2.45) is 7.05 Å². The highest BCUT2D eigenvalue weighted by Crippen LogP contribution is 2.43. The van der Waals surface area contributed by atoms with Gasteiger partial charge in [0.15, 0.2) is 6.04 Å². The zero-order valence-corrected chi connectivity index (χ0v) is 10.9. The maximum Gasteiger partial charge on any atom is 0.345 e. The van der Waals surface area contributed by atoms with E-state index in [0.717, 1.165) is 0 Å². The van der Waals surface area contributed by atoms with Crippen LogP contribution in [0.15, 0.2) is 18.9 Å². The Morgan fingerprint density at radius 1 is 1.70 bits per heavy atom. The fourth-order valence-corrected chi connectivity index (χ4v) is 2.77. The van der Waals surface area contributed by atoms with E-state index in [4.69, 9.17) is 4.84 Å². The minimum atomic E-state index is -1.08. The molecule has 0 aliphatic carbocycles. The standard InChI is InChI=1S/C12H14N4O4/c1-3-4-20-16-8-6-15(12(16)19)10(11(17)18)9-7(8)5-13-14(9)2/h3,5,8,10H,1,4,6H2,2H3,(H,17,18)/t8-,10-/m0/s1. The summed E-state index contributed by atoms with van der Waals surface area (Å²) in [4.78, 5) is 30.5. The molecule has 0 radical (unpaired) electrons.